The number of fused-ring (bicyclic) bond motifs is 4. The van der Waals surface area contributed by atoms with E-state index < -0.39 is 0 Å². The lowest BCUT2D eigenvalue weighted by atomic mass is 10.0. The molecule has 0 fully saturated rings. The number of benzene rings is 4. The monoisotopic (exact) mass is 512 g/mol. The minimum absolute atomic E-state index is 0.918. The molecule has 0 aliphatic heterocycles. The molecule has 188 valence electrons. The molecule has 0 bridgehead atoms. The van der Waals surface area contributed by atoms with Gasteiger partial charge in [0.2, 0.25) is 0 Å². The van der Waals surface area contributed by atoms with Crippen LogP contribution in [0.1, 0.15) is 0 Å². The van der Waals surface area contributed by atoms with Crippen LogP contribution in [0.3, 0.4) is 0 Å². The standard InChI is InChI=1S/C36H24N4/c1-3-10-28(11-4-1)39-20-18-26-22-31-30-21-25(32-14-7-15-33(38-32)27-9-8-19-37-24-27)16-17-34(30)40(36(31)23-35(26)39)29-12-5-2-6-13-29/h1-24H. The normalized spacial score (nSPS) is 11.5. The first-order valence-corrected chi connectivity index (χ1v) is 13.4. The van der Waals surface area contributed by atoms with E-state index in [0.29, 0.717) is 0 Å². The summed E-state index contributed by atoms with van der Waals surface area (Å²) in [6, 6.07) is 44.8. The molecule has 0 N–H and O–H groups in total. The van der Waals surface area contributed by atoms with E-state index in [4.69, 9.17) is 4.98 Å². The Bertz CT molecular complexity index is 2140. The van der Waals surface area contributed by atoms with Crippen molar-refractivity contribution in [1.82, 2.24) is 19.1 Å². The molecule has 0 radical (unpaired) electrons. The van der Waals surface area contributed by atoms with Crippen LogP contribution in [-0.2, 0) is 0 Å². The molecule has 0 spiro atoms. The van der Waals surface area contributed by atoms with Crippen molar-refractivity contribution in [3.05, 3.63) is 146 Å². The van der Waals surface area contributed by atoms with Gasteiger partial charge in [0, 0.05) is 57.3 Å². The van der Waals surface area contributed by atoms with Gasteiger partial charge >= 0.3 is 0 Å². The fraction of sp³-hybridized carbons (Fsp3) is 0. The summed E-state index contributed by atoms with van der Waals surface area (Å²) >= 11 is 0. The van der Waals surface area contributed by atoms with Crippen molar-refractivity contribution in [2.45, 2.75) is 0 Å². The molecule has 8 aromatic rings. The highest BCUT2D eigenvalue weighted by atomic mass is 15.0. The van der Waals surface area contributed by atoms with Gasteiger partial charge in [-0.05, 0) is 78.9 Å². The van der Waals surface area contributed by atoms with Gasteiger partial charge in [0.25, 0.3) is 0 Å². The van der Waals surface area contributed by atoms with E-state index in [2.05, 4.69) is 130 Å². The highest BCUT2D eigenvalue weighted by Crippen LogP contribution is 2.37. The summed E-state index contributed by atoms with van der Waals surface area (Å²) < 4.78 is 4.64. The van der Waals surface area contributed by atoms with Crippen LogP contribution in [-0.4, -0.2) is 19.1 Å². The number of hydrogen-bond donors (Lipinski definition) is 0. The molecule has 0 saturated heterocycles. The summed E-state index contributed by atoms with van der Waals surface area (Å²) in [5, 5.41) is 3.65. The van der Waals surface area contributed by atoms with Gasteiger partial charge in [0.15, 0.2) is 0 Å². The second-order valence-electron chi connectivity index (χ2n) is 10.0. The SMILES string of the molecule is c1ccc(-n2ccc3cc4c5cc(-c6cccc(-c7cccnc7)n6)ccc5n(-c5ccccc5)c4cc32)cc1. The third kappa shape index (κ3) is 3.62. The van der Waals surface area contributed by atoms with Gasteiger partial charge in [-0.1, -0.05) is 48.5 Å². The van der Waals surface area contributed by atoms with E-state index in [-0.39, 0.29) is 0 Å². The number of hydrogen-bond acceptors (Lipinski definition) is 2. The van der Waals surface area contributed by atoms with Crippen molar-refractivity contribution in [3.8, 4) is 33.9 Å². The van der Waals surface area contributed by atoms with Crippen molar-refractivity contribution in [2.24, 2.45) is 0 Å². The minimum Gasteiger partial charge on any atom is -0.316 e. The van der Waals surface area contributed by atoms with Crippen LogP contribution in [0.15, 0.2) is 146 Å². The van der Waals surface area contributed by atoms with Crippen LogP contribution in [0, 0.1) is 0 Å². The Morgan fingerprint density at radius 3 is 2.02 bits per heavy atom. The van der Waals surface area contributed by atoms with Crippen LogP contribution in [0.4, 0.5) is 0 Å². The molecule has 4 nitrogen and oxygen atoms in total. The Labute approximate surface area is 231 Å². The number of para-hydroxylation sites is 2. The zero-order chi connectivity index (χ0) is 26.5. The van der Waals surface area contributed by atoms with Gasteiger partial charge in [-0.2, -0.15) is 0 Å². The zero-order valence-electron chi connectivity index (χ0n) is 21.6. The smallest absolute Gasteiger partial charge is 0.0725 e. The van der Waals surface area contributed by atoms with Crippen molar-refractivity contribution in [2.75, 3.05) is 0 Å². The highest BCUT2D eigenvalue weighted by Gasteiger charge is 2.16. The maximum atomic E-state index is 5.00. The van der Waals surface area contributed by atoms with Crippen LogP contribution in [0.25, 0.3) is 66.6 Å². The van der Waals surface area contributed by atoms with E-state index in [1.807, 2.05) is 24.4 Å². The van der Waals surface area contributed by atoms with Crippen LogP contribution >= 0.6 is 0 Å². The van der Waals surface area contributed by atoms with Gasteiger partial charge in [-0.3, -0.25) is 4.98 Å². The maximum absolute atomic E-state index is 5.00. The quantitative estimate of drug-likeness (QED) is 0.236. The molecule has 40 heavy (non-hydrogen) atoms. The van der Waals surface area contributed by atoms with Crippen molar-refractivity contribution < 1.29 is 0 Å². The van der Waals surface area contributed by atoms with Crippen molar-refractivity contribution in [1.29, 1.82) is 0 Å². The number of rotatable bonds is 4. The molecule has 4 heteroatoms. The average molecular weight is 513 g/mol. The molecule has 0 aliphatic carbocycles. The summed E-state index contributed by atoms with van der Waals surface area (Å²) in [5.74, 6) is 0. The molecule has 4 aromatic heterocycles. The van der Waals surface area contributed by atoms with Gasteiger partial charge in [0.05, 0.1) is 27.9 Å². The topological polar surface area (TPSA) is 35.6 Å². The van der Waals surface area contributed by atoms with Gasteiger partial charge in [-0.25, -0.2) is 4.98 Å². The Kier molecular flexibility index (Phi) is 5.10. The largest absolute Gasteiger partial charge is 0.316 e. The molecule has 0 amide bonds. The number of nitrogens with zero attached hydrogens (tertiary/aromatic N) is 4. The summed E-state index contributed by atoms with van der Waals surface area (Å²) in [5.41, 5.74) is 9.80. The maximum Gasteiger partial charge on any atom is 0.0725 e. The highest BCUT2D eigenvalue weighted by molar-refractivity contribution is 6.14. The summed E-state index contributed by atoms with van der Waals surface area (Å²) in [7, 11) is 0. The third-order valence-corrected chi connectivity index (χ3v) is 7.63. The predicted octanol–water partition coefficient (Wildman–Crippen LogP) is 8.85. The van der Waals surface area contributed by atoms with Crippen molar-refractivity contribution >= 4 is 32.7 Å². The fourth-order valence-electron chi connectivity index (χ4n) is 5.75. The Morgan fingerprint density at radius 2 is 1.25 bits per heavy atom. The number of pyridine rings is 2. The Balaban J connectivity index is 1.38. The molecule has 4 heterocycles. The predicted molar refractivity (Wildman–Crippen MR) is 164 cm³/mol. The van der Waals surface area contributed by atoms with E-state index in [1.54, 1.807) is 6.20 Å². The zero-order valence-corrected chi connectivity index (χ0v) is 21.6. The average Bonchev–Trinajstić information content (AvgIpc) is 3.59. The Morgan fingerprint density at radius 1 is 0.500 bits per heavy atom. The van der Waals surface area contributed by atoms with Gasteiger partial charge < -0.3 is 9.13 Å². The number of aromatic nitrogens is 4. The molecule has 0 unspecified atom stereocenters. The third-order valence-electron chi connectivity index (χ3n) is 7.63. The minimum atomic E-state index is 0.918. The van der Waals surface area contributed by atoms with E-state index in [0.717, 1.165) is 33.9 Å². The molecular weight excluding hydrogens is 488 g/mol. The summed E-state index contributed by atoms with van der Waals surface area (Å²) in [6.07, 6.45) is 5.80. The second-order valence-corrected chi connectivity index (χ2v) is 10.0. The summed E-state index contributed by atoms with van der Waals surface area (Å²) in [6.45, 7) is 0. The first-order chi connectivity index (χ1) is 19.8. The lowest BCUT2D eigenvalue weighted by molar-refractivity contribution is 1.12. The van der Waals surface area contributed by atoms with Gasteiger partial charge in [-0.15, -0.1) is 0 Å². The van der Waals surface area contributed by atoms with E-state index in [1.165, 1.54) is 32.7 Å². The van der Waals surface area contributed by atoms with E-state index in [9.17, 15) is 0 Å². The van der Waals surface area contributed by atoms with Gasteiger partial charge in [0.1, 0.15) is 0 Å². The molecule has 0 aliphatic rings. The molecule has 8 rings (SSSR count). The van der Waals surface area contributed by atoms with Crippen LogP contribution in [0.5, 0.6) is 0 Å². The fourth-order valence-corrected chi connectivity index (χ4v) is 5.75. The first kappa shape index (κ1) is 22.5. The summed E-state index contributed by atoms with van der Waals surface area (Å²) in [4.78, 5) is 9.27. The molecule has 0 atom stereocenters. The molecular formula is C36H24N4. The first-order valence-electron chi connectivity index (χ1n) is 13.4. The Hall–Kier alpha value is -5.48. The molecule has 4 aromatic carbocycles. The van der Waals surface area contributed by atoms with Crippen molar-refractivity contribution in [3.63, 3.8) is 0 Å². The molecule has 0 saturated carbocycles. The second kappa shape index (κ2) is 9.07. The van der Waals surface area contributed by atoms with Crippen LogP contribution in [0.2, 0.25) is 0 Å². The van der Waals surface area contributed by atoms with E-state index >= 15 is 0 Å². The lowest BCUT2D eigenvalue weighted by Gasteiger charge is -2.09. The lowest BCUT2D eigenvalue weighted by Crippen LogP contribution is -1.95. The van der Waals surface area contributed by atoms with Crippen LogP contribution < -0.4 is 0 Å².